The molecule has 2 atom stereocenters. The summed E-state index contributed by atoms with van der Waals surface area (Å²) in [5, 5.41) is 0. The first-order chi connectivity index (χ1) is 7.64. The van der Waals surface area contributed by atoms with Gasteiger partial charge in [0.25, 0.3) is 10.1 Å². The Morgan fingerprint density at radius 1 is 1.35 bits per heavy atom. The van der Waals surface area contributed by atoms with Crippen molar-refractivity contribution in [3.8, 4) is 0 Å². The summed E-state index contributed by atoms with van der Waals surface area (Å²) in [4.78, 5) is 11.4. The Hall–Kier alpha value is -0.700. The molecule has 7 nitrogen and oxygen atoms in total. The molecular formula is C9H16O7S. The summed E-state index contributed by atoms with van der Waals surface area (Å²) in [5.41, 5.74) is 0. The van der Waals surface area contributed by atoms with Gasteiger partial charge < -0.3 is 14.2 Å². The Morgan fingerprint density at radius 2 is 1.94 bits per heavy atom. The van der Waals surface area contributed by atoms with E-state index in [-0.39, 0.29) is 6.61 Å². The molecule has 17 heavy (non-hydrogen) atoms. The predicted octanol–water partition coefficient (Wildman–Crippen LogP) is -0.344. The Bertz CT molecular complexity index is 386. The van der Waals surface area contributed by atoms with Gasteiger partial charge in [-0.15, -0.1) is 0 Å². The lowest BCUT2D eigenvalue weighted by Crippen LogP contribution is -2.36. The zero-order valence-electron chi connectivity index (χ0n) is 10.1. The Morgan fingerprint density at radius 3 is 2.41 bits per heavy atom. The summed E-state index contributed by atoms with van der Waals surface area (Å²) in [5.74, 6) is -1.61. The van der Waals surface area contributed by atoms with Crippen molar-refractivity contribution >= 4 is 16.1 Å². The molecule has 0 aromatic rings. The second kappa shape index (κ2) is 4.89. The molecule has 0 N–H and O–H groups in total. The number of hydrogen-bond donors (Lipinski definition) is 0. The minimum absolute atomic E-state index is 0.290. The molecule has 0 aromatic heterocycles. The number of ether oxygens (including phenoxy) is 3. The van der Waals surface area contributed by atoms with Crippen LogP contribution in [0.15, 0.2) is 0 Å². The Balaban J connectivity index is 2.71. The molecule has 8 heteroatoms. The highest BCUT2D eigenvalue weighted by molar-refractivity contribution is 7.85. The highest BCUT2D eigenvalue weighted by Crippen LogP contribution is 2.29. The summed E-state index contributed by atoms with van der Waals surface area (Å²) >= 11 is 0. The fourth-order valence-corrected chi connectivity index (χ4v) is 1.85. The van der Waals surface area contributed by atoms with Crippen molar-refractivity contribution in [2.24, 2.45) is 0 Å². The molecule has 1 heterocycles. The zero-order valence-corrected chi connectivity index (χ0v) is 10.9. The van der Waals surface area contributed by atoms with Crippen LogP contribution in [0.25, 0.3) is 0 Å². The number of rotatable bonds is 4. The monoisotopic (exact) mass is 268 g/mol. The van der Waals surface area contributed by atoms with Crippen molar-refractivity contribution < 1.29 is 31.6 Å². The molecule has 1 rings (SSSR count). The van der Waals surface area contributed by atoms with Gasteiger partial charge in [0, 0.05) is 0 Å². The average Bonchev–Trinajstić information content (AvgIpc) is 2.49. The van der Waals surface area contributed by atoms with Crippen molar-refractivity contribution in [3.63, 3.8) is 0 Å². The molecule has 0 amide bonds. The van der Waals surface area contributed by atoms with Gasteiger partial charge in [0.05, 0.1) is 20.0 Å². The molecule has 1 fully saturated rings. The maximum absolute atomic E-state index is 11.4. The van der Waals surface area contributed by atoms with Crippen molar-refractivity contribution in [1.29, 1.82) is 0 Å². The summed E-state index contributed by atoms with van der Waals surface area (Å²) in [7, 11) is -2.38. The van der Waals surface area contributed by atoms with Crippen molar-refractivity contribution in [2.45, 2.75) is 31.8 Å². The van der Waals surface area contributed by atoms with E-state index in [0.717, 1.165) is 6.26 Å². The largest absolute Gasteiger partial charge is 0.467 e. The van der Waals surface area contributed by atoms with Crippen LogP contribution in [-0.4, -0.2) is 52.4 Å². The molecule has 100 valence electrons. The Kier molecular flexibility index (Phi) is 4.13. The topological polar surface area (TPSA) is 88.1 Å². The predicted molar refractivity (Wildman–Crippen MR) is 56.6 cm³/mol. The van der Waals surface area contributed by atoms with Gasteiger partial charge in [-0.2, -0.15) is 8.42 Å². The van der Waals surface area contributed by atoms with Gasteiger partial charge in [0.2, 0.25) is 0 Å². The highest BCUT2D eigenvalue weighted by Gasteiger charge is 2.46. The fraction of sp³-hybridized carbons (Fsp3) is 0.889. The normalized spacial score (nSPS) is 28.0. The van der Waals surface area contributed by atoms with Crippen LogP contribution in [0.5, 0.6) is 0 Å². The van der Waals surface area contributed by atoms with E-state index in [1.54, 1.807) is 13.8 Å². The molecule has 0 radical (unpaired) electrons. The van der Waals surface area contributed by atoms with Crippen LogP contribution in [0, 0.1) is 0 Å². The first-order valence-corrected chi connectivity index (χ1v) is 6.74. The standard InChI is InChI=1S/C9H16O7S/c1-9(2)15-6(5-14-17(4,11)12)7(16-9)8(10)13-3/h6-7H,5H2,1-4H3/t6-,7+/m1/s1. The summed E-state index contributed by atoms with van der Waals surface area (Å²) in [6, 6.07) is 0. The van der Waals surface area contributed by atoms with E-state index in [0.29, 0.717) is 0 Å². The lowest BCUT2D eigenvalue weighted by molar-refractivity contribution is -0.168. The molecule has 0 saturated carbocycles. The van der Waals surface area contributed by atoms with Gasteiger partial charge in [0.1, 0.15) is 6.10 Å². The van der Waals surface area contributed by atoms with E-state index < -0.39 is 34.1 Å². The van der Waals surface area contributed by atoms with E-state index in [1.807, 2.05) is 0 Å². The lowest BCUT2D eigenvalue weighted by Gasteiger charge is -2.16. The van der Waals surface area contributed by atoms with Gasteiger partial charge >= 0.3 is 5.97 Å². The lowest BCUT2D eigenvalue weighted by atomic mass is 10.2. The maximum atomic E-state index is 11.4. The molecule has 0 bridgehead atoms. The smallest absolute Gasteiger partial charge is 0.337 e. The van der Waals surface area contributed by atoms with E-state index >= 15 is 0 Å². The third-order valence-corrected chi connectivity index (χ3v) is 2.63. The minimum atomic E-state index is -3.59. The number of esters is 1. The quantitative estimate of drug-likeness (QED) is 0.509. The second-order valence-corrected chi connectivity index (χ2v) is 5.75. The van der Waals surface area contributed by atoms with Crippen molar-refractivity contribution in [1.82, 2.24) is 0 Å². The Labute approximate surface area is 100 Å². The molecule has 0 aromatic carbocycles. The summed E-state index contributed by atoms with van der Waals surface area (Å²) in [6.07, 6.45) is -0.884. The van der Waals surface area contributed by atoms with Crippen LogP contribution >= 0.6 is 0 Å². The van der Waals surface area contributed by atoms with Crippen LogP contribution in [0.1, 0.15) is 13.8 Å². The first kappa shape index (κ1) is 14.4. The van der Waals surface area contributed by atoms with Crippen LogP contribution in [0.4, 0.5) is 0 Å². The van der Waals surface area contributed by atoms with Gasteiger partial charge in [0.15, 0.2) is 11.9 Å². The number of carbonyl (C=O) groups is 1. The molecule has 0 spiro atoms. The van der Waals surface area contributed by atoms with Gasteiger partial charge in [-0.1, -0.05) is 0 Å². The van der Waals surface area contributed by atoms with Gasteiger partial charge in [-0.05, 0) is 13.8 Å². The van der Waals surface area contributed by atoms with E-state index in [4.69, 9.17) is 9.47 Å². The van der Waals surface area contributed by atoms with Crippen molar-refractivity contribution in [3.05, 3.63) is 0 Å². The van der Waals surface area contributed by atoms with Crippen LogP contribution in [-0.2, 0) is 33.3 Å². The van der Waals surface area contributed by atoms with E-state index in [1.165, 1.54) is 7.11 Å². The van der Waals surface area contributed by atoms with Crippen molar-refractivity contribution in [2.75, 3.05) is 20.0 Å². The maximum Gasteiger partial charge on any atom is 0.337 e. The summed E-state index contributed by atoms with van der Waals surface area (Å²) < 4.78 is 41.5. The van der Waals surface area contributed by atoms with Crippen LogP contribution in [0.3, 0.4) is 0 Å². The molecule has 1 aliphatic rings. The SMILES string of the molecule is COC(=O)[C@H]1OC(C)(C)O[C@@H]1COS(C)(=O)=O. The molecule has 0 unspecified atom stereocenters. The average molecular weight is 268 g/mol. The molecule has 0 aliphatic carbocycles. The molecular weight excluding hydrogens is 252 g/mol. The first-order valence-electron chi connectivity index (χ1n) is 4.92. The molecule has 1 saturated heterocycles. The van der Waals surface area contributed by atoms with E-state index in [2.05, 4.69) is 8.92 Å². The van der Waals surface area contributed by atoms with Crippen LogP contribution < -0.4 is 0 Å². The minimum Gasteiger partial charge on any atom is -0.467 e. The van der Waals surface area contributed by atoms with Crippen LogP contribution in [0.2, 0.25) is 0 Å². The van der Waals surface area contributed by atoms with Gasteiger partial charge in [-0.25, -0.2) is 4.79 Å². The number of methoxy groups -OCH3 is 1. The second-order valence-electron chi connectivity index (χ2n) is 4.11. The summed E-state index contributed by atoms with van der Waals surface area (Å²) in [6.45, 7) is 2.94. The highest BCUT2D eigenvalue weighted by atomic mass is 32.2. The fourth-order valence-electron chi connectivity index (χ4n) is 1.46. The third kappa shape index (κ3) is 4.23. The number of hydrogen-bond acceptors (Lipinski definition) is 7. The number of carbonyl (C=O) groups excluding carboxylic acids is 1. The third-order valence-electron chi connectivity index (χ3n) is 2.06. The van der Waals surface area contributed by atoms with E-state index in [9.17, 15) is 13.2 Å². The zero-order chi connectivity index (χ0) is 13.3. The molecule has 1 aliphatic heterocycles. The van der Waals surface area contributed by atoms with Gasteiger partial charge in [-0.3, -0.25) is 4.18 Å².